The number of nitrogens with one attached hydrogen (secondary N) is 1. The smallest absolute Gasteiger partial charge is 0.414 e. The topological polar surface area (TPSA) is 124 Å². The molecule has 0 aliphatic rings. The van der Waals surface area contributed by atoms with Gasteiger partial charge in [-0.1, -0.05) is 0 Å². The van der Waals surface area contributed by atoms with Gasteiger partial charge in [0.25, 0.3) is 0 Å². The van der Waals surface area contributed by atoms with Crippen LogP contribution < -0.4 is 0 Å². The highest BCUT2D eigenvalue weighted by Gasteiger charge is 2.04. The molecule has 0 aliphatic carbocycles. The second-order valence-electron chi connectivity index (χ2n) is 2.72. The van der Waals surface area contributed by atoms with Crippen molar-refractivity contribution in [3.05, 3.63) is 18.2 Å². The Morgan fingerprint density at radius 3 is 2.27 bits per heavy atom. The summed E-state index contributed by atoms with van der Waals surface area (Å²) >= 11 is 0. The minimum absolute atomic E-state index is 0.298. The van der Waals surface area contributed by atoms with Crippen molar-refractivity contribution >= 4 is 11.9 Å². The molecule has 0 fully saturated rings. The van der Waals surface area contributed by atoms with Gasteiger partial charge in [0.2, 0.25) is 0 Å². The maximum Gasteiger partial charge on any atom is 0.414 e. The Morgan fingerprint density at radius 1 is 1.47 bits per heavy atom. The Bertz CT molecular complexity index is 295. The van der Waals surface area contributed by atoms with E-state index in [4.69, 9.17) is 24.9 Å². The van der Waals surface area contributed by atoms with Crippen LogP contribution in [0.3, 0.4) is 0 Å². The summed E-state index contributed by atoms with van der Waals surface area (Å²) in [6, 6.07) is 0. The summed E-state index contributed by atoms with van der Waals surface area (Å²) in [4.78, 5) is 25.0. The van der Waals surface area contributed by atoms with Crippen LogP contribution >= 0.6 is 0 Å². The summed E-state index contributed by atoms with van der Waals surface area (Å²) in [6.45, 7) is 1.74. The lowest BCUT2D eigenvalue weighted by atomic mass is 10.2. The van der Waals surface area contributed by atoms with E-state index in [1.807, 2.05) is 0 Å². The van der Waals surface area contributed by atoms with Gasteiger partial charge in [-0.25, -0.2) is 14.6 Å². The van der Waals surface area contributed by atoms with Gasteiger partial charge in [-0.3, -0.25) is 0 Å². The Labute approximate surface area is 85.4 Å². The number of aliphatic carboxylic acids is 2. The molecule has 0 amide bonds. The maximum atomic E-state index is 9.10. The number of aromatic amines is 1. The summed E-state index contributed by atoms with van der Waals surface area (Å²) in [7, 11) is 0. The predicted octanol–water partition coefficient (Wildman–Crippen LogP) is -0.511. The van der Waals surface area contributed by atoms with Gasteiger partial charge in [-0.05, 0) is 6.92 Å². The standard InChI is InChI=1S/C6H10N2O.C2H2O4/c1-5(9)2-6-3-7-4-8-6;3-1(4)2(5)6/h3-5,9H,2H2,1H3,(H,7,8);(H,3,4)(H,5,6). The number of carboxylic acid groups (broad SMARTS) is 2. The SMILES string of the molecule is CC(O)Cc1c[nH]cn1.O=C(O)C(=O)O. The van der Waals surface area contributed by atoms with Crippen LogP contribution in [0.2, 0.25) is 0 Å². The first-order chi connectivity index (χ1) is 6.93. The molecule has 0 aliphatic heterocycles. The Morgan fingerprint density at radius 2 is 2.00 bits per heavy atom. The molecule has 7 nitrogen and oxygen atoms in total. The zero-order valence-electron chi connectivity index (χ0n) is 8.04. The van der Waals surface area contributed by atoms with E-state index in [1.54, 1.807) is 19.4 Å². The van der Waals surface area contributed by atoms with E-state index >= 15 is 0 Å². The van der Waals surface area contributed by atoms with Crippen molar-refractivity contribution < 1.29 is 24.9 Å². The molecule has 1 heterocycles. The van der Waals surface area contributed by atoms with Crippen LogP contribution in [0.4, 0.5) is 0 Å². The highest BCUT2D eigenvalue weighted by Crippen LogP contribution is 1.95. The van der Waals surface area contributed by atoms with Crippen LogP contribution in [0.25, 0.3) is 0 Å². The van der Waals surface area contributed by atoms with Crippen LogP contribution in [-0.2, 0) is 16.0 Å². The van der Waals surface area contributed by atoms with Gasteiger partial charge in [0.15, 0.2) is 0 Å². The molecule has 1 aromatic rings. The third-order valence-electron chi connectivity index (χ3n) is 1.24. The summed E-state index contributed by atoms with van der Waals surface area (Å²) in [5.74, 6) is -3.65. The van der Waals surface area contributed by atoms with Crippen molar-refractivity contribution in [3.8, 4) is 0 Å². The number of aliphatic hydroxyl groups is 1. The van der Waals surface area contributed by atoms with E-state index in [9.17, 15) is 0 Å². The Balaban J connectivity index is 0.000000288. The van der Waals surface area contributed by atoms with Crippen LogP contribution in [0.1, 0.15) is 12.6 Å². The number of H-pyrrole nitrogens is 1. The zero-order valence-corrected chi connectivity index (χ0v) is 8.04. The number of carbonyl (C=O) groups is 2. The predicted molar refractivity (Wildman–Crippen MR) is 49.2 cm³/mol. The molecule has 0 bridgehead atoms. The van der Waals surface area contributed by atoms with Crippen molar-refractivity contribution in [2.75, 3.05) is 0 Å². The molecule has 0 saturated heterocycles. The fraction of sp³-hybridized carbons (Fsp3) is 0.375. The molecular formula is C8H12N2O5. The second kappa shape index (κ2) is 6.55. The lowest BCUT2D eigenvalue weighted by Crippen LogP contribution is -2.09. The van der Waals surface area contributed by atoms with Gasteiger partial charge in [0.05, 0.1) is 18.1 Å². The molecule has 7 heteroatoms. The molecule has 0 saturated carbocycles. The van der Waals surface area contributed by atoms with Gasteiger partial charge >= 0.3 is 11.9 Å². The third kappa shape index (κ3) is 7.20. The van der Waals surface area contributed by atoms with E-state index in [1.165, 1.54) is 0 Å². The summed E-state index contributed by atoms with van der Waals surface area (Å²) in [5, 5.41) is 23.7. The van der Waals surface area contributed by atoms with Crippen molar-refractivity contribution in [2.45, 2.75) is 19.4 Å². The fourth-order valence-corrected chi connectivity index (χ4v) is 0.705. The molecule has 15 heavy (non-hydrogen) atoms. The molecule has 1 atom stereocenters. The quantitative estimate of drug-likeness (QED) is 0.493. The largest absolute Gasteiger partial charge is 0.473 e. The van der Waals surface area contributed by atoms with Crippen molar-refractivity contribution in [2.24, 2.45) is 0 Å². The number of imidazole rings is 1. The van der Waals surface area contributed by atoms with Gasteiger partial charge in [-0.2, -0.15) is 0 Å². The monoisotopic (exact) mass is 216 g/mol. The molecule has 0 spiro atoms. The first kappa shape index (κ1) is 13.1. The Kier molecular flexibility index (Phi) is 5.72. The minimum Gasteiger partial charge on any atom is -0.473 e. The van der Waals surface area contributed by atoms with Gasteiger partial charge in [0, 0.05) is 12.6 Å². The van der Waals surface area contributed by atoms with Crippen LogP contribution in [-0.4, -0.2) is 43.3 Å². The molecule has 1 aromatic heterocycles. The molecule has 4 N–H and O–H groups in total. The van der Waals surface area contributed by atoms with E-state index in [2.05, 4.69) is 9.97 Å². The fourth-order valence-electron chi connectivity index (χ4n) is 0.705. The maximum absolute atomic E-state index is 9.10. The average Bonchev–Trinajstić information content (AvgIpc) is 2.56. The molecular weight excluding hydrogens is 204 g/mol. The second-order valence-corrected chi connectivity index (χ2v) is 2.72. The number of aliphatic hydroxyl groups excluding tert-OH is 1. The van der Waals surface area contributed by atoms with E-state index in [0.29, 0.717) is 6.42 Å². The molecule has 1 unspecified atom stereocenters. The number of hydrogen-bond acceptors (Lipinski definition) is 4. The van der Waals surface area contributed by atoms with Crippen molar-refractivity contribution in [1.29, 1.82) is 0 Å². The molecule has 0 aromatic carbocycles. The highest BCUT2D eigenvalue weighted by molar-refractivity contribution is 6.27. The number of nitrogens with zero attached hydrogens (tertiary/aromatic N) is 1. The van der Waals surface area contributed by atoms with Crippen LogP contribution in [0.5, 0.6) is 0 Å². The van der Waals surface area contributed by atoms with Gasteiger partial charge < -0.3 is 20.3 Å². The highest BCUT2D eigenvalue weighted by atomic mass is 16.4. The summed E-state index contributed by atoms with van der Waals surface area (Å²) in [5.41, 5.74) is 0.907. The lowest BCUT2D eigenvalue weighted by molar-refractivity contribution is -0.159. The first-order valence-electron chi connectivity index (χ1n) is 4.05. The van der Waals surface area contributed by atoms with Crippen molar-refractivity contribution in [1.82, 2.24) is 9.97 Å². The summed E-state index contributed by atoms with van der Waals surface area (Å²) in [6.07, 6.45) is 3.72. The molecule has 0 radical (unpaired) electrons. The average molecular weight is 216 g/mol. The number of carboxylic acids is 2. The van der Waals surface area contributed by atoms with Crippen LogP contribution in [0.15, 0.2) is 12.5 Å². The van der Waals surface area contributed by atoms with Crippen molar-refractivity contribution in [3.63, 3.8) is 0 Å². The zero-order chi connectivity index (χ0) is 11.8. The van der Waals surface area contributed by atoms with Crippen LogP contribution in [0, 0.1) is 0 Å². The summed E-state index contributed by atoms with van der Waals surface area (Å²) < 4.78 is 0. The lowest BCUT2D eigenvalue weighted by Gasteiger charge is -1.97. The van der Waals surface area contributed by atoms with E-state index < -0.39 is 11.9 Å². The van der Waals surface area contributed by atoms with Gasteiger partial charge in [0.1, 0.15) is 0 Å². The molecule has 1 rings (SSSR count). The third-order valence-corrected chi connectivity index (χ3v) is 1.24. The number of rotatable bonds is 2. The first-order valence-corrected chi connectivity index (χ1v) is 4.05. The van der Waals surface area contributed by atoms with E-state index in [-0.39, 0.29) is 6.10 Å². The number of hydrogen-bond donors (Lipinski definition) is 4. The molecule has 84 valence electrons. The minimum atomic E-state index is -1.82. The Hall–Kier alpha value is -1.89. The number of aromatic nitrogens is 2. The van der Waals surface area contributed by atoms with E-state index in [0.717, 1.165) is 5.69 Å². The normalized spacial score (nSPS) is 11.1. The van der Waals surface area contributed by atoms with Gasteiger partial charge in [-0.15, -0.1) is 0 Å².